The van der Waals surface area contributed by atoms with E-state index >= 15 is 0 Å². The van der Waals surface area contributed by atoms with Gasteiger partial charge < -0.3 is 20.4 Å². The molecule has 0 bridgehead atoms. The number of fused-ring (bicyclic) bond motifs is 1. The maximum atomic E-state index is 14.7. The Bertz CT molecular complexity index is 2220. The van der Waals surface area contributed by atoms with E-state index < -0.39 is 0 Å². The molecule has 4 heterocycles. The maximum Gasteiger partial charge on any atom is 0.338 e. The Hall–Kier alpha value is -4.79. The second-order valence-corrected chi connectivity index (χ2v) is 16.6. The second kappa shape index (κ2) is 15.1. The summed E-state index contributed by atoms with van der Waals surface area (Å²) in [6.45, 7) is 9.90. The third-order valence-corrected chi connectivity index (χ3v) is 13.0. The van der Waals surface area contributed by atoms with Gasteiger partial charge >= 0.3 is 5.69 Å². The summed E-state index contributed by atoms with van der Waals surface area (Å²) in [6.07, 6.45) is 8.01. The van der Waals surface area contributed by atoms with E-state index in [1.165, 1.54) is 15.4 Å². The fourth-order valence-corrected chi connectivity index (χ4v) is 9.16. The molecule has 0 unspecified atom stereocenters. The molecule has 2 aromatic heterocycles. The normalized spacial score (nSPS) is 16.0. The van der Waals surface area contributed by atoms with Crippen molar-refractivity contribution in [2.24, 2.45) is 10.7 Å². The number of rotatable bonds is 8. The zero-order valence-electron chi connectivity index (χ0n) is 30.3. The standard InChI is InChI=1S/C41H46FN6O3P/c1-5-52(6-2)33-10-8-32(9-11-33)47-17-18-48(41(47)50)39(44-31-21-26(3)38(42)27(4)22-31)34-25-46(16-13-35(34)43)40(49)37-24-30-23-29(7-12-36(30)45-37)28-14-19-51-20-15-28/h7-12,17-18,21-24,28,45H,5-6,13-16,19-20,25,43H2,1-4H3. The number of carbonyl (C=O) groups excluding carboxylic acids is 1. The number of aliphatic imine (C=N–C) groups is 1. The number of halogens is 1. The molecule has 0 radical (unpaired) electrons. The van der Waals surface area contributed by atoms with Crippen LogP contribution in [0.1, 0.15) is 66.2 Å². The molecule has 7 rings (SSSR count). The number of aromatic nitrogens is 3. The molecule has 0 aliphatic carbocycles. The topological polar surface area (TPSA) is 111 Å². The number of amides is 1. The molecule has 0 atom stereocenters. The van der Waals surface area contributed by atoms with Gasteiger partial charge in [0.05, 0.1) is 17.9 Å². The molecule has 1 saturated heterocycles. The number of nitrogens with one attached hydrogen (secondary N) is 1. The molecule has 270 valence electrons. The summed E-state index contributed by atoms with van der Waals surface area (Å²) in [4.78, 5) is 38.3. The van der Waals surface area contributed by atoms with Crippen LogP contribution in [-0.4, -0.2) is 69.4 Å². The van der Waals surface area contributed by atoms with E-state index in [4.69, 9.17) is 15.5 Å². The van der Waals surface area contributed by atoms with Crippen LogP contribution in [0.4, 0.5) is 10.1 Å². The Morgan fingerprint density at radius 2 is 1.71 bits per heavy atom. The molecule has 52 heavy (non-hydrogen) atoms. The molecule has 3 aromatic carbocycles. The van der Waals surface area contributed by atoms with Crippen LogP contribution in [0.2, 0.25) is 0 Å². The van der Waals surface area contributed by atoms with Gasteiger partial charge in [0.15, 0.2) is 0 Å². The number of aromatic amines is 1. The summed E-state index contributed by atoms with van der Waals surface area (Å²) in [6, 6.07) is 19.8. The summed E-state index contributed by atoms with van der Waals surface area (Å²) in [5, 5.41) is 2.30. The third kappa shape index (κ3) is 7.02. The quantitative estimate of drug-likeness (QED) is 0.1000. The summed E-state index contributed by atoms with van der Waals surface area (Å²) >= 11 is 0. The second-order valence-electron chi connectivity index (χ2n) is 13.7. The largest absolute Gasteiger partial charge is 0.402 e. The SMILES string of the molecule is CCP(CC)c1ccc(-n2ccn(C(=Nc3cc(C)c(F)c(C)c3)C3=C(N)CCN(C(=O)c4cc5cc(C6CCOCC6)ccc5[nH]4)C3)c2=O)cc1. The number of nitrogens with two attached hydrogens (primary N) is 1. The predicted octanol–water partition coefficient (Wildman–Crippen LogP) is 7.25. The summed E-state index contributed by atoms with van der Waals surface area (Å²) in [7, 11) is -0.230. The monoisotopic (exact) mass is 720 g/mol. The van der Waals surface area contributed by atoms with E-state index in [0.717, 1.165) is 55.0 Å². The number of hydrogen-bond donors (Lipinski definition) is 2. The summed E-state index contributed by atoms with van der Waals surface area (Å²) in [5.41, 5.74) is 12.3. The maximum absolute atomic E-state index is 14.7. The molecule has 5 aromatic rings. The lowest BCUT2D eigenvalue weighted by atomic mass is 9.91. The van der Waals surface area contributed by atoms with Crippen molar-refractivity contribution in [2.75, 3.05) is 38.6 Å². The van der Waals surface area contributed by atoms with Gasteiger partial charge in [0, 0.05) is 60.7 Å². The smallest absolute Gasteiger partial charge is 0.338 e. The molecule has 0 saturated carbocycles. The lowest BCUT2D eigenvalue weighted by molar-refractivity contribution is 0.0761. The van der Waals surface area contributed by atoms with Gasteiger partial charge in [-0.1, -0.05) is 40.0 Å². The molecule has 1 amide bonds. The number of aryl methyl sites for hydroxylation is 2. The van der Waals surface area contributed by atoms with Gasteiger partial charge in [-0.3, -0.25) is 13.9 Å². The Morgan fingerprint density at radius 1 is 1.00 bits per heavy atom. The van der Waals surface area contributed by atoms with E-state index in [1.807, 2.05) is 24.3 Å². The first-order chi connectivity index (χ1) is 25.1. The first-order valence-electron chi connectivity index (χ1n) is 18.1. The number of imidazole rings is 1. The van der Waals surface area contributed by atoms with Crippen LogP contribution in [0, 0.1) is 19.7 Å². The van der Waals surface area contributed by atoms with Crippen LogP contribution >= 0.6 is 7.92 Å². The van der Waals surface area contributed by atoms with Gasteiger partial charge in [-0.15, -0.1) is 0 Å². The van der Waals surface area contributed by atoms with E-state index in [1.54, 1.807) is 47.8 Å². The Kier molecular flexibility index (Phi) is 10.3. The van der Waals surface area contributed by atoms with Crippen LogP contribution in [-0.2, 0) is 4.74 Å². The van der Waals surface area contributed by atoms with Gasteiger partial charge in [0.1, 0.15) is 17.3 Å². The van der Waals surface area contributed by atoms with E-state index in [0.29, 0.717) is 58.5 Å². The number of ether oxygens (including phenoxy) is 1. The number of nitrogens with zero attached hydrogens (tertiary/aromatic N) is 4. The Morgan fingerprint density at radius 3 is 2.40 bits per heavy atom. The third-order valence-electron chi connectivity index (χ3n) is 10.4. The van der Waals surface area contributed by atoms with Crippen molar-refractivity contribution in [1.29, 1.82) is 0 Å². The van der Waals surface area contributed by atoms with Gasteiger partial charge in [0.25, 0.3) is 5.91 Å². The Labute approximate surface area is 304 Å². The molecule has 3 N–H and O–H groups in total. The van der Waals surface area contributed by atoms with Crippen molar-refractivity contribution in [3.05, 3.63) is 123 Å². The predicted molar refractivity (Wildman–Crippen MR) is 209 cm³/mol. The highest BCUT2D eigenvalue weighted by Crippen LogP contribution is 2.33. The van der Waals surface area contributed by atoms with Crippen molar-refractivity contribution < 1.29 is 13.9 Å². The van der Waals surface area contributed by atoms with Crippen LogP contribution in [0.25, 0.3) is 16.6 Å². The first kappa shape index (κ1) is 35.6. The number of H-pyrrole nitrogens is 1. The molecular formula is C41H46FN6O3P. The number of hydrogen-bond acceptors (Lipinski definition) is 5. The van der Waals surface area contributed by atoms with Crippen molar-refractivity contribution in [3.63, 3.8) is 0 Å². The summed E-state index contributed by atoms with van der Waals surface area (Å²) < 4.78 is 23.3. The molecule has 11 heteroatoms. The fourth-order valence-electron chi connectivity index (χ4n) is 7.41. The average Bonchev–Trinajstić information content (AvgIpc) is 3.77. The lowest BCUT2D eigenvalue weighted by Crippen LogP contribution is -2.42. The zero-order chi connectivity index (χ0) is 36.5. The number of carbonyl (C=O) groups is 1. The minimum atomic E-state index is -0.324. The van der Waals surface area contributed by atoms with E-state index in [-0.39, 0.29) is 31.9 Å². The van der Waals surface area contributed by atoms with Crippen LogP contribution < -0.4 is 16.7 Å². The van der Waals surface area contributed by atoms with E-state index in [9.17, 15) is 14.0 Å². The molecule has 1 fully saturated rings. The van der Waals surface area contributed by atoms with E-state index in [2.05, 4.69) is 43.1 Å². The lowest BCUT2D eigenvalue weighted by Gasteiger charge is -2.30. The van der Waals surface area contributed by atoms with Crippen molar-refractivity contribution in [3.8, 4) is 5.69 Å². The van der Waals surface area contributed by atoms with Crippen molar-refractivity contribution in [2.45, 2.75) is 52.9 Å². The first-order valence-corrected chi connectivity index (χ1v) is 19.8. The highest BCUT2D eigenvalue weighted by molar-refractivity contribution is 7.65. The minimum absolute atomic E-state index is 0.148. The highest BCUT2D eigenvalue weighted by Gasteiger charge is 2.29. The van der Waals surface area contributed by atoms with Crippen LogP contribution in [0.15, 0.2) is 94.1 Å². The van der Waals surface area contributed by atoms with Gasteiger partial charge in [-0.25, -0.2) is 14.2 Å². The van der Waals surface area contributed by atoms with Gasteiger partial charge in [-0.2, -0.15) is 0 Å². The van der Waals surface area contributed by atoms with Crippen molar-refractivity contribution >= 4 is 41.6 Å². The highest BCUT2D eigenvalue weighted by atomic mass is 31.1. The molecule has 2 aliphatic heterocycles. The average molecular weight is 721 g/mol. The Balaban J connectivity index is 1.23. The molecule has 0 spiro atoms. The minimum Gasteiger partial charge on any atom is -0.402 e. The molecular weight excluding hydrogens is 674 g/mol. The number of benzene rings is 3. The molecule has 2 aliphatic rings. The zero-order valence-corrected chi connectivity index (χ0v) is 31.2. The van der Waals surface area contributed by atoms with Gasteiger partial charge in [0.2, 0.25) is 0 Å². The summed E-state index contributed by atoms with van der Waals surface area (Å²) in [5.74, 6) is 0.294. The molecule has 9 nitrogen and oxygen atoms in total. The van der Waals surface area contributed by atoms with Crippen molar-refractivity contribution in [1.82, 2.24) is 19.0 Å². The van der Waals surface area contributed by atoms with Crippen LogP contribution in [0.5, 0.6) is 0 Å². The van der Waals surface area contributed by atoms with Crippen LogP contribution in [0.3, 0.4) is 0 Å². The fraction of sp³-hybridized carbons (Fsp3) is 0.341. The van der Waals surface area contributed by atoms with Gasteiger partial charge in [-0.05, 0) is 109 Å².